The number of ether oxygens (including phenoxy) is 1. The van der Waals surface area contributed by atoms with Crippen LogP contribution in [0.3, 0.4) is 0 Å². The van der Waals surface area contributed by atoms with Crippen LogP contribution >= 0.6 is 22.6 Å². The highest BCUT2D eigenvalue weighted by molar-refractivity contribution is 14.1. The molecule has 1 N–H and O–H groups in total. The minimum absolute atomic E-state index is 0.133. The molecule has 3 aromatic rings. The molecule has 168 valence electrons. The zero-order valence-electron chi connectivity index (χ0n) is 17.9. The molecular weight excluding hydrogens is 539 g/mol. The summed E-state index contributed by atoms with van der Waals surface area (Å²) in [5.41, 5.74) is 1.36. The van der Waals surface area contributed by atoms with Crippen LogP contribution in [0.15, 0.2) is 83.8 Å². The third kappa shape index (κ3) is 5.80. The van der Waals surface area contributed by atoms with Gasteiger partial charge in [-0.2, -0.15) is 0 Å². The lowest BCUT2D eigenvalue weighted by Crippen LogP contribution is -2.42. The minimum Gasteiger partial charge on any atom is -0.497 e. The lowest BCUT2D eigenvalue weighted by atomic mass is 10.0. The molecule has 0 bridgehead atoms. The Morgan fingerprint density at radius 2 is 1.62 bits per heavy atom. The molecule has 0 aliphatic rings. The summed E-state index contributed by atoms with van der Waals surface area (Å²) < 4.78 is 34.1. The van der Waals surface area contributed by atoms with Crippen LogP contribution in [-0.4, -0.2) is 28.0 Å². The van der Waals surface area contributed by atoms with E-state index < -0.39 is 10.0 Å². The maximum absolute atomic E-state index is 13.4. The fourth-order valence-corrected chi connectivity index (χ4v) is 5.07. The van der Waals surface area contributed by atoms with Crippen LogP contribution in [0.4, 0.5) is 5.69 Å². The van der Waals surface area contributed by atoms with E-state index in [4.69, 9.17) is 4.74 Å². The molecule has 0 aliphatic carbocycles. The largest absolute Gasteiger partial charge is 0.497 e. The SMILES string of the molecule is CC[C@@H](NC(=O)CN(c1ccc(I)cc1)S(=O)(=O)c1ccccc1)c1ccc(OC)cc1. The van der Waals surface area contributed by atoms with Gasteiger partial charge in [0.25, 0.3) is 10.0 Å². The molecule has 0 aromatic heterocycles. The summed E-state index contributed by atoms with van der Waals surface area (Å²) in [4.78, 5) is 13.1. The number of anilines is 1. The fourth-order valence-electron chi connectivity index (χ4n) is 3.27. The number of sulfonamides is 1. The van der Waals surface area contributed by atoms with E-state index >= 15 is 0 Å². The van der Waals surface area contributed by atoms with Crippen molar-refractivity contribution in [2.75, 3.05) is 18.0 Å². The van der Waals surface area contributed by atoms with Gasteiger partial charge in [-0.25, -0.2) is 8.42 Å². The number of carbonyl (C=O) groups excluding carboxylic acids is 1. The highest BCUT2D eigenvalue weighted by atomic mass is 127. The highest BCUT2D eigenvalue weighted by Crippen LogP contribution is 2.25. The van der Waals surface area contributed by atoms with Crippen LogP contribution in [0.1, 0.15) is 24.9 Å². The van der Waals surface area contributed by atoms with Crippen molar-refractivity contribution in [1.29, 1.82) is 0 Å². The molecule has 0 spiro atoms. The predicted molar refractivity (Wildman–Crippen MR) is 134 cm³/mol. The molecule has 0 unspecified atom stereocenters. The second-order valence-electron chi connectivity index (χ2n) is 7.10. The summed E-state index contributed by atoms with van der Waals surface area (Å²) in [6, 6.07) is 22.4. The molecule has 8 heteroatoms. The van der Waals surface area contributed by atoms with Gasteiger partial charge in [0.2, 0.25) is 5.91 Å². The lowest BCUT2D eigenvalue weighted by molar-refractivity contribution is -0.120. The number of benzene rings is 3. The number of amides is 1. The van der Waals surface area contributed by atoms with Gasteiger partial charge in [0.15, 0.2) is 0 Å². The first-order chi connectivity index (χ1) is 15.3. The molecule has 1 atom stereocenters. The van der Waals surface area contributed by atoms with Crippen molar-refractivity contribution in [3.05, 3.63) is 88.0 Å². The van der Waals surface area contributed by atoms with Crippen LogP contribution in [-0.2, 0) is 14.8 Å². The molecule has 0 saturated carbocycles. The Morgan fingerprint density at radius 3 is 2.19 bits per heavy atom. The Morgan fingerprint density at radius 1 is 1.00 bits per heavy atom. The van der Waals surface area contributed by atoms with Gasteiger partial charge in [-0.1, -0.05) is 37.3 Å². The molecule has 0 aliphatic heterocycles. The topological polar surface area (TPSA) is 75.7 Å². The minimum atomic E-state index is -3.92. The van der Waals surface area contributed by atoms with Gasteiger partial charge >= 0.3 is 0 Å². The zero-order chi connectivity index (χ0) is 23.1. The van der Waals surface area contributed by atoms with E-state index in [-0.39, 0.29) is 23.4 Å². The van der Waals surface area contributed by atoms with Gasteiger partial charge in [-0.05, 0) is 83.1 Å². The van der Waals surface area contributed by atoms with E-state index in [0.29, 0.717) is 12.1 Å². The summed E-state index contributed by atoms with van der Waals surface area (Å²) in [6.07, 6.45) is 0.660. The van der Waals surface area contributed by atoms with Gasteiger partial charge in [0, 0.05) is 3.57 Å². The van der Waals surface area contributed by atoms with E-state index in [0.717, 1.165) is 19.2 Å². The Hall–Kier alpha value is -2.59. The van der Waals surface area contributed by atoms with Crippen molar-refractivity contribution in [2.45, 2.75) is 24.3 Å². The average Bonchev–Trinajstić information content (AvgIpc) is 2.82. The van der Waals surface area contributed by atoms with Crippen LogP contribution in [0, 0.1) is 3.57 Å². The first-order valence-corrected chi connectivity index (χ1v) is 12.6. The molecule has 0 radical (unpaired) electrons. The maximum Gasteiger partial charge on any atom is 0.264 e. The predicted octanol–water partition coefficient (Wildman–Crippen LogP) is 4.76. The van der Waals surface area contributed by atoms with Crippen molar-refractivity contribution in [3.8, 4) is 5.75 Å². The Balaban J connectivity index is 1.86. The molecule has 1 amide bonds. The first kappa shape index (κ1) is 24.1. The molecule has 6 nitrogen and oxygen atoms in total. The van der Waals surface area contributed by atoms with Crippen LogP contribution < -0.4 is 14.4 Å². The van der Waals surface area contributed by atoms with E-state index in [9.17, 15) is 13.2 Å². The molecule has 0 fully saturated rings. The van der Waals surface area contributed by atoms with E-state index in [2.05, 4.69) is 27.9 Å². The second kappa shape index (κ2) is 10.8. The van der Waals surface area contributed by atoms with E-state index in [1.165, 1.54) is 12.1 Å². The average molecular weight is 564 g/mol. The number of nitrogens with one attached hydrogen (secondary N) is 1. The molecule has 3 aromatic carbocycles. The Kier molecular flexibility index (Phi) is 8.14. The quantitative estimate of drug-likeness (QED) is 0.381. The molecule has 32 heavy (non-hydrogen) atoms. The van der Waals surface area contributed by atoms with Crippen molar-refractivity contribution < 1.29 is 17.9 Å². The molecule has 0 heterocycles. The van der Waals surface area contributed by atoms with Gasteiger partial charge in [0.05, 0.1) is 23.7 Å². The van der Waals surface area contributed by atoms with Crippen LogP contribution in [0.25, 0.3) is 0 Å². The first-order valence-electron chi connectivity index (χ1n) is 10.1. The maximum atomic E-state index is 13.4. The number of rotatable bonds is 9. The number of methoxy groups -OCH3 is 1. The van der Waals surface area contributed by atoms with Crippen LogP contribution in [0.5, 0.6) is 5.75 Å². The number of hydrogen-bond acceptors (Lipinski definition) is 4. The molecule has 3 rings (SSSR count). The van der Waals surface area contributed by atoms with Gasteiger partial charge in [0.1, 0.15) is 12.3 Å². The third-order valence-electron chi connectivity index (χ3n) is 4.99. The Bertz CT molecular complexity index is 1130. The zero-order valence-corrected chi connectivity index (χ0v) is 20.8. The van der Waals surface area contributed by atoms with Crippen molar-refractivity contribution in [2.24, 2.45) is 0 Å². The highest BCUT2D eigenvalue weighted by Gasteiger charge is 2.27. The van der Waals surface area contributed by atoms with Crippen LogP contribution in [0.2, 0.25) is 0 Å². The molecule has 0 saturated heterocycles. The smallest absolute Gasteiger partial charge is 0.264 e. The summed E-state index contributed by atoms with van der Waals surface area (Å²) in [7, 11) is -2.33. The van der Waals surface area contributed by atoms with Gasteiger partial charge in [-0.15, -0.1) is 0 Å². The standard InChI is InChI=1S/C24H25IN2O4S/c1-3-23(18-9-15-21(31-2)16-10-18)26-24(28)17-27(20-13-11-19(25)12-14-20)32(29,30)22-7-5-4-6-8-22/h4-16,23H,3,17H2,1-2H3,(H,26,28)/t23-/m1/s1. The lowest BCUT2D eigenvalue weighted by Gasteiger charge is -2.26. The monoisotopic (exact) mass is 564 g/mol. The molecular formula is C24H25IN2O4S. The van der Waals surface area contributed by atoms with Crippen molar-refractivity contribution >= 4 is 44.2 Å². The number of halogens is 1. The van der Waals surface area contributed by atoms with Crippen molar-refractivity contribution in [3.63, 3.8) is 0 Å². The summed E-state index contributed by atoms with van der Waals surface area (Å²) in [5, 5.41) is 2.97. The second-order valence-corrected chi connectivity index (χ2v) is 10.2. The van der Waals surface area contributed by atoms with E-state index in [1.807, 2.05) is 43.3 Å². The van der Waals surface area contributed by atoms with Gasteiger partial charge < -0.3 is 10.1 Å². The Labute approximate surface area is 202 Å². The number of carbonyl (C=O) groups is 1. The van der Waals surface area contributed by atoms with Gasteiger partial charge in [-0.3, -0.25) is 9.10 Å². The number of hydrogen-bond donors (Lipinski definition) is 1. The van der Waals surface area contributed by atoms with E-state index in [1.54, 1.807) is 37.4 Å². The summed E-state index contributed by atoms with van der Waals surface area (Å²) in [6.45, 7) is 1.64. The fraction of sp³-hybridized carbons (Fsp3) is 0.208. The van der Waals surface area contributed by atoms with Crippen molar-refractivity contribution in [1.82, 2.24) is 5.32 Å². The summed E-state index contributed by atoms with van der Waals surface area (Å²) >= 11 is 2.15. The number of nitrogens with zero attached hydrogens (tertiary/aromatic N) is 1. The summed E-state index contributed by atoms with van der Waals surface area (Å²) in [5.74, 6) is 0.347. The normalized spacial score (nSPS) is 12.1. The third-order valence-corrected chi connectivity index (χ3v) is 7.50.